The van der Waals surface area contributed by atoms with Crippen LogP contribution in [0.2, 0.25) is 0 Å². The van der Waals surface area contributed by atoms with Crippen molar-refractivity contribution in [1.82, 2.24) is 10.6 Å². The number of rotatable bonds is 3. The smallest absolute Gasteiger partial charge is 0.251 e. The van der Waals surface area contributed by atoms with Crippen LogP contribution in [-0.4, -0.2) is 37.1 Å². The van der Waals surface area contributed by atoms with Gasteiger partial charge in [0.05, 0.1) is 0 Å². The molecular weight excluding hydrogens is 274 g/mol. The molecule has 2 rings (SSSR count). The van der Waals surface area contributed by atoms with Gasteiger partial charge in [0.25, 0.3) is 5.91 Å². The summed E-state index contributed by atoms with van der Waals surface area (Å²) in [4.78, 5) is 14.6. The zero-order valence-electron chi connectivity index (χ0n) is 14.7. The van der Waals surface area contributed by atoms with Crippen molar-refractivity contribution >= 4 is 11.6 Å². The maximum absolute atomic E-state index is 12.6. The largest absolute Gasteiger partial charge is 0.378 e. The van der Waals surface area contributed by atoms with Crippen LogP contribution < -0.4 is 15.5 Å². The molecule has 0 radical (unpaired) electrons. The quantitative estimate of drug-likeness (QED) is 0.902. The fraction of sp³-hybridized carbons (Fsp3) is 0.611. The Bertz CT molecular complexity index is 533. The van der Waals surface area contributed by atoms with Crippen LogP contribution in [0.3, 0.4) is 0 Å². The highest BCUT2D eigenvalue weighted by Gasteiger charge is 2.38. The number of carbonyl (C=O) groups excluding carboxylic acids is 1. The van der Waals surface area contributed by atoms with Gasteiger partial charge in [0.2, 0.25) is 0 Å². The Morgan fingerprint density at radius 3 is 2.32 bits per heavy atom. The van der Waals surface area contributed by atoms with E-state index in [0.29, 0.717) is 0 Å². The zero-order chi connectivity index (χ0) is 16.5. The van der Waals surface area contributed by atoms with Crippen molar-refractivity contribution in [2.24, 2.45) is 0 Å². The third kappa shape index (κ3) is 4.23. The van der Waals surface area contributed by atoms with Crippen LogP contribution in [0.5, 0.6) is 0 Å². The van der Waals surface area contributed by atoms with Gasteiger partial charge in [-0.2, -0.15) is 0 Å². The average molecular weight is 303 g/mol. The summed E-state index contributed by atoms with van der Waals surface area (Å²) in [5, 5.41) is 6.86. The number of benzene rings is 1. The van der Waals surface area contributed by atoms with E-state index in [9.17, 15) is 4.79 Å². The average Bonchev–Trinajstić information content (AvgIpc) is 2.34. The molecule has 0 saturated carbocycles. The predicted molar refractivity (Wildman–Crippen MR) is 92.6 cm³/mol. The van der Waals surface area contributed by atoms with E-state index < -0.39 is 0 Å². The Kier molecular flexibility index (Phi) is 4.52. The van der Waals surface area contributed by atoms with E-state index in [0.717, 1.165) is 24.1 Å². The van der Waals surface area contributed by atoms with Gasteiger partial charge in [-0.3, -0.25) is 4.79 Å². The molecule has 0 aromatic heterocycles. The van der Waals surface area contributed by atoms with Gasteiger partial charge in [0, 0.05) is 42.5 Å². The molecule has 22 heavy (non-hydrogen) atoms. The molecule has 1 saturated heterocycles. The summed E-state index contributed by atoms with van der Waals surface area (Å²) in [6.07, 6.45) is 1.88. The molecule has 1 heterocycles. The van der Waals surface area contributed by atoms with E-state index in [1.54, 1.807) is 0 Å². The molecular formula is C18H29N3O. The summed E-state index contributed by atoms with van der Waals surface area (Å²) in [6.45, 7) is 8.78. The fourth-order valence-corrected chi connectivity index (χ4v) is 3.62. The third-order valence-electron chi connectivity index (χ3n) is 4.15. The third-order valence-corrected chi connectivity index (χ3v) is 4.15. The molecule has 2 N–H and O–H groups in total. The molecule has 122 valence electrons. The number of hydrogen-bond donors (Lipinski definition) is 2. The number of amides is 1. The van der Waals surface area contributed by atoms with E-state index in [1.807, 2.05) is 43.3 Å². The summed E-state index contributed by atoms with van der Waals surface area (Å²) in [6, 6.07) is 7.95. The topological polar surface area (TPSA) is 44.4 Å². The van der Waals surface area contributed by atoms with Gasteiger partial charge in [-0.1, -0.05) is 6.07 Å². The highest BCUT2D eigenvalue weighted by atomic mass is 16.1. The Labute approximate surface area is 134 Å². The van der Waals surface area contributed by atoms with Crippen molar-refractivity contribution in [1.29, 1.82) is 0 Å². The molecule has 0 aliphatic carbocycles. The molecule has 0 atom stereocenters. The molecule has 0 unspecified atom stereocenters. The van der Waals surface area contributed by atoms with Crippen LogP contribution in [-0.2, 0) is 0 Å². The van der Waals surface area contributed by atoms with Gasteiger partial charge in [-0.05, 0) is 58.7 Å². The minimum Gasteiger partial charge on any atom is -0.378 e. The number of hydrogen-bond acceptors (Lipinski definition) is 3. The maximum Gasteiger partial charge on any atom is 0.251 e. The second-order valence-corrected chi connectivity index (χ2v) is 7.92. The first-order chi connectivity index (χ1) is 10.1. The second kappa shape index (κ2) is 5.92. The minimum atomic E-state index is 0.0159. The fourth-order valence-electron chi connectivity index (χ4n) is 3.62. The van der Waals surface area contributed by atoms with Crippen LogP contribution in [0.1, 0.15) is 50.9 Å². The highest BCUT2D eigenvalue weighted by molar-refractivity contribution is 5.95. The van der Waals surface area contributed by atoms with Gasteiger partial charge in [0.15, 0.2) is 0 Å². The van der Waals surface area contributed by atoms with Gasteiger partial charge in [-0.25, -0.2) is 0 Å². The van der Waals surface area contributed by atoms with Crippen molar-refractivity contribution in [2.75, 3.05) is 19.0 Å². The van der Waals surface area contributed by atoms with E-state index in [-0.39, 0.29) is 23.0 Å². The summed E-state index contributed by atoms with van der Waals surface area (Å²) >= 11 is 0. The van der Waals surface area contributed by atoms with Gasteiger partial charge < -0.3 is 15.5 Å². The molecule has 4 heteroatoms. The van der Waals surface area contributed by atoms with E-state index >= 15 is 0 Å². The molecule has 1 aliphatic rings. The molecule has 1 aliphatic heterocycles. The Hall–Kier alpha value is -1.55. The summed E-state index contributed by atoms with van der Waals surface area (Å²) in [5.74, 6) is 0.0159. The Morgan fingerprint density at radius 1 is 1.18 bits per heavy atom. The van der Waals surface area contributed by atoms with Gasteiger partial charge in [-0.15, -0.1) is 0 Å². The number of anilines is 1. The van der Waals surface area contributed by atoms with Crippen molar-refractivity contribution in [3.8, 4) is 0 Å². The Balaban J connectivity index is 2.10. The minimum absolute atomic E-state index is 0.0159. The van der Waals surface area contributed by atoms with Crippen LogP contribution in [0, 0.1) is 0 Å². The molecule has 1 aromatic rings. The molecule has 0 bridgehead atoms. The van der Waals surface area contributed by atoms with E-state index in [2.05, 4.69) is 38.3 Å². The normalized spacial score (nSPS) is 20.5. The number of nitrogens with zero attached hydrogens (tertiary/aromatic N) is 1. The number of carbonyl (C=O) groups is 1. The molecule has 1 fully saturated rings. The standard InChI is InChI=1S/C18H29N3O/c1-17(2)11-14(12-18(3,4)20-17)19-16(22)13-8-7-9-15(10-13)21(5)6/h7-10,14,20H,11-12H2,1-6H3,(H,19,22). The lowest BCUT2D eigenvalue weighted by Crippen LogP contribution is -2.62. The highest BCUT2D eigenvalue weighted by Crippen LogP contribution is 2.28. The lowest BCUT2D eigenvalue weighted by Gasteiger charge is -2.46. The van der Waals surface area contributed by atoms with Crippen molar-refractivity contribution in [3.05, 3.63) is 29.8 Å². The first-order valence-corrected chi connectivity index (χ1v) is 7.96. The lowest BCUT2D eigenvalue weighted by molar-refractivity contribution is 0.0873. The molecule has 0 spiro atoms. The van der Waals surface area contributed by atoms with Gasteiger partial charge >= 0.3 is 0 Å². The SMILES string of the molecule is CN(C)c1cccc(C(=O)NC2CC(C)(C)NC(C)(C)C2)c1. The lowest BCUT2D eigenvalue weighted by atomic mass is 9.79. The summed E-state index contributed by atoms with van der Waals surface area (Å²) in [5.41, 5.74) is 1.83. The predicted octanol–water partition coefficient (Wildman–Crippen LogP) is 2.79. The monoisotopic (exact) mass is 303 g/mol. The second-order valence-electron chi connectivity index (χ2n) is 7.92. The van der Waals surface area contributed by atoms with Crippen molar-refractivity contribution in [3.63, 3.8) is 0 Å². The number of piperidine rings is 1. The first kappa shape index (κ1) is 16.8. The Morgan fingerprint density at radius 2 is 1.77 bits per heavy atom. The van der Waals surface area contributed by atoms with Crippen LogP contribution in [0.4, 0.5) is 5.69 Å². The molecule has 1 aromatic carbocycles. The molecule has 4 nitrogen and oxygen atoms in total. The molecule has 1 amide bonds. The summed E-state index contributed by atoms with van der Waals surface area (Å²) < 4.78 is 0. The zero-order valence-corrected chi connectivity index (χ0v) is 14.7. The summed E-state index contributed by atoms with van der Waals surface area (Å²) in [7, 11) is 3.96. The van der Waals surface area contributed by atoms with E-state index in [4.69, 9.17) is 0 Å². The van der Waals surface area contributed by atoms with Crippen LogP contribution >= 0.6 is 0 Å². The van der Waals surface area contributed by atoms with E-state index in [1.165, 1.54) is 0 Å². The van der Waals surface area contributed by atoms with Crippen LogP contribution in [0.15, 0.2) is 24.3 Å². The van der Waals surface area contributed by atoms with Crippen LogP contribution in [0.25, 0.3) is 0 Å². The first-order valence-electron chi connectivity index (χ1n) is 7.96. The van der Waals surface area contributed by atoms with Crippen molar-refractivity contribution in [2.45, 2.75) is 57.7 Å². The maximum atomic E-state index is 12.6. The van der Waals surface area contributed by atoms with Crippen molar-refractivity contribution < 1.29 is 4.79 Å². The number of nitrogens with one attached hydrogen (secondary N) is 2. The van der Waals surface area contributed by atoms with Gasteiger partial charge in [0.1, 0.15) is 0 Å².